The summed E-state index contributed by atoms with van der Waals surface area (Å²) in [6.45, 7) is 5.96. The Kier molecular flexibility index (Phi) is 9.44. The molecule has 1 saturated heterocycles. The first-order valence-corrected chi connectivity index (χ1v) is 9.09. The number of aromatic nitrogens is 3. The number of hydrogen-bond donors (Lipinski definition) is 2. The van der Waals surface area contributed by atoms with Crippen molar-refractivity contribution in [2.24, 2.45) is 4.99 Å². The molecular weight excluding hydrogens is 473 g/mol. The molecule has 9 nitrogen and oxygen atoms in total. The fourth-order valence-electron chi connectivity index (χ4n) is 2.79. The van der Waals surface area contributed by atoms with Gasteiger partial charge >= 0.3 is 0 Å². The van der Waals surface area contributed by atoms with Gasteiger partial charge in [-0.3, -0.25) is 9.89 Å². The number of ether oxygens (including phenoxy) is 2. The second kappa shape index (κ2) is 11.8. The summed E-state index contributed by atoms with van der Waals surface area (Å²) in [5, 5.41) is 15.0. The Balaban J connectivity index is 0.00000280. The van der Waals surface area contributed by atoms with E-state index in [1.807, 2.05) is 30.5 Å². The van der Waals surface area contributed by atoms with Gasteiger partial charge in [-0.05, 0) is 24.3 Å². The van der Waals surface area contributed by atoms with Gasteiger partial charge in [-0.25, -0.2) is 4.68 Å². The molecule has 0 unspecified atom stereocenters. The maximum atomic E-state index is 5.36. The van der Waals surface area contributed by atoms with Crippen molar-refractivity contribution in [1.82, 2.24) is 30.5 Å². The maximum absolute atomic E-state index is 5.36. The average molecular weight is 501 g/mol. The molecule has 0 bridgehead atoms. The van der Waals surface area contributed by atoms with Crippen LogP contribution in [-0.4, -0.2) is 79.4 Å². The molecule has 0 radical (unpaired) electrons. The zero-order chi connectivity index (χ0) is 18.9. The number of methoxy groups -OCH3 is 1. The van der Waals surface area contributed by atoms with Gasteiger partial charge in [-0.2, -0.15) is 0 Å². The van der Waals surface area contributed by atoms with Crippen molar-refractivity contribution in [3.8, 4) is 11.4 Å². The zero-order valence-corrected chi connectivity index (χ0v) is 18.6. The van der Waals surface area contributed by atoms with Crippen LogP contribution in [0, 0.1) is 0 Å². The van der Waals surface area contributed by atoms with Crippen LogP contribution in [0.1, 0.15) is 5.69 Å². The third-order valence-electron chi connectivity index (χ3n) is 4.36. The maximum Gasteiger partial charge on any atom is 0.191 e. The van der Waals surface area contributed by atoms with Gasteiger partial charge in [0.05, 0.1) is 38.8 Å². The number of nitrogens with one attached hydrogen (secondary N) is 2. The molecule has 1 aliphatic heterocycles. The monoisotopic (exact) mass is 501 g/mol. The van der Waals surface area contributed by atoms with Crippen LogP contribution in [0.3, 0.4) is 0 Å². The van der Waals surface area contributed by atoms with E-state index in [4.69, 9.17) is 9.47 Å². The first-order valence-electron chi connectivity index (χ1n) is 9.09. The normalized spacial score (nSPS) is 15.0. The third kappa shape index (κ3) is 6.60. The smallest absolute Gasteiger partial charge is 0.191 e. The second-order valence-electron chi connectivity index (χ2n) is 6.16. The molecule has 1 aromatic carbocycles. The fraction of sp³-hybridized carbons (Fsp3) is 0.500. The van der Waals surface area contributed by atoms with E-state index in [2.05, 4.69) is 30.8 Å². The number of hydrogen-bond acceptors (Lipinski definition) is 6. The van der Waals surface area contributed by atoms with Crippen molar-refractivity contribution >= 4 is 29.9 Å². The Morgan fingerprint density at radius 2 is 1.96 bits per heavy atom. The first kappa shape index (κ1) is 22.4. The van der Waals surface area contributed by atoms with Crippen LogP contribution < -0.4 is 15.4 Å². The molecule has 154 valence electrons. The molecule has 28 heavy (non-hydrogen) atoms. The second-order valence-corrected chi connectivity index (χ2v) is 6.16. The van der Waals surface area contributed by atoms with E-state index in [1.54, 1.807) is 18.8 Å². The molecule has 0 aliphatic carbocycles. The zero-order valence-electron chi connectivity index (χ0n) is 16.3. The highest BCUT2D eigenvalue weighted by Gasteiger charge is 2.10. The van der Waals surface area contributed by atoms with Gasteiger partial charge in [0.25, 0.3) is 0 Å². The molecular formula is C18H28IN7O2. The summed E-state index contributed by atoms with van der Waals surface area (Å²) in [7, 11) is 3.41. The molecule has 1 fully saturated rings. The first-order chi connectivity index (χ1) is 13.3. The molecule has 3 rings (SSSR count). The Hall–Kier alpha value is -1.92. The minimum Gasteiger partial charge on any atom is -0.497 e. The number of guanidine groups is 1. The number of halogens is 1. The van der Waals surface area contributed by atoms with Gasteiger partial charge in [0, 0.05) is 33.2 Å². The number of benzene rings is 1. The number of morpholine rings is 1. The van der Waals surface area contributed by atoms with E-state index in [1.165, 1.54) is 0 Å². The predicted molar refractivity (Wildman–Crippen MR) is 119 cm³/mol. The van der Waals surface area contributed by atoms with Crippen molar-refractivity contribution in [3.05, 3.63) is 36.2 Å². The van der Waals surface area contributed by atoms with Crippen LogP contribution >= 0.6 is 24.0 Å². The predicted octanol–water partition coefficient (Wildman–Crippen LogP) is 0.891. The van der Waals surface area contributed by atoms with Gasteiger partial charge in [0.1, 0.15) is 11.4 Å². The van der Waals surface area contributed by atoms with Crippen LogP contribution in [0.15, 0.2) is 35.5 Å². The van der Waals surface area contributed by atoms with Crippen LogP contribution in [0.5, 0.6) is 5.75 Å². The average Bonchev–Trinajstić information content (AvgIpc) is 3.20. The third-order valence-corrected chi connectivity index (χ3v) is 4.36. The summed E-state index contributed by atoms with van der Waals surface area (Å²) in [4.78, 5) is 6.63. The number of nitrogens with zero attached hydrogens (tertiary/aromatic N) is 5. The highest BCUT2D eigenvalue weighted by molar-refractivity contribution is 14.0. The summed E-state index contributed by atoms with van der Waals surface area (Å²) in [5.41, 5.74) is 1.77. The summed E-state index contributed by atoms with van der Waals surface area (Å²) >= 11 is 0. The largest absolute Gasteiger partial charge is 0.497 e. The van der Waals surface area contributed by atoms with Crippen molar-refractivity contribution in [2.45, 2.75) is 6.54 Å². The molecule has 2 N–H and O–H groups in total. The topological polar surface area (TPSA) is 88.8 Å². The van der Waals surface area contributed by atoms with E-state index in [0.29, 0.717) is 6.54 Å². The Morgan fingerprint density at radius 1 is 1.21 bits per heavy atom. The van der Waals surface area contributed by atoms with Crippen molar-refractivity contribution in [2.75, 3.05) is 53.6 Å². The number of aliphatic imine (C=N–C) groups is 1. The lowest BCUT2D eigenvalue weighted by Gasteiger charge is -2.26. The lowest BCUT2D eigenvalue weighted by atomic mass is 10.3. The Labute approximate surface area is 182 Å². The van der Waals surface area contributed by atoms with E-state index in [-0.39, 0.29) is 24.0 Å². The van der Waals surface area contributed by atoms with Gasteiger partial charge in [0.15, 0.2) is 5.96 Å². The van der Waals surface area contributed by atoms with Gasteiger partial charge < -0.3 is 20.1 Å². The van der Waals surface area contributed by atoms with Crippen molar-refractivity contribution in [3.63, 3.8) is 0 Å². The standard InChI is InChI=1S/C18H27N7O2.HI/c1-19-18(20-7-8-24-9-11-27-12-10-24)21-13-15-14-25(23-22-15)16-3-5-17(26-2)6-4-16;/h3-6,14H,7-13H2,1-2H3,(H2,19,20,21);1H. The van der Waals surface area contributed by atoms with Crippen LogP contribution in [0.2, 0.25) is 0 Å². The number of rotatable bonds is 7. The van der Waals surface area contributed by atoms with Crippen LogP contribution in [0.25, 0.3) is 5.69 Å². The Bertz CT molecular complexity index is 730. The van der Waals surface area contributed by atoms with Gasteiger partial charge in [-0.1, -0.05) is 5.21 Å². The molecule has 2 heterocycles. The summed E-state index contributed by atoms with van der Waals surface area (Å²) in [6.07, 6.45) is 1.90. The van der Waals surface area contributed by atoms with Crippen LogP contribution in [-0.2, 0) is 11.3 Å². The van der Waals surface area contributed by atoms with Crippen LogP contribution in [0.4, 0.5) is 0 Å². The fourth-order valence-corrected chi connectivity index (χ4v) is 2.79. The molecule has 0 spiro atoms. The highest BCUT2D eigenvalue weighted by atomic mass is 127. The summed E-state index contributed by atoms with van der Waals surface area (Å²) in [6, 6.07) is 7.68. The van der Waals surface area contributed by atoms with Crippen molar-refractivity contribution in [1.29, 1.82) is 0 Å². The molecule has 0 saturated carbocycles. The van der Waals surface area contributed by atoms with E-state index in [0.717, 1.165) is 62.5 Å². The minimum absolute atomic E-state index is 0. The summed E-state index contributed by atoms with van der Waals surface area (Å²) < 4.78 is 12.3. The summed E-state index contributed by atoms with van der Waals surface area (Å²) in [5.74, 6) is 1.56. The molecule has 1 aromatic heterocycles. The molecule has 2 aromatic rings. The van der Waals surface area contributed by atoms with Gasteiger partial charge in [-0.15, -0.1) is 29.1 Å². The Morgan fingerprint density at radius 3 is 2.64 bits per heavy atom. The molecule has 10 heteroatoms. The molecule has 0 atom stereocenters. The van der Waals surface area contributed by atoms with E-state index in [9.17, 15) is 0 Å². The van der Waals surface area contributed by atoms with Crippen molar-refractivity contribution < 1.29 is 9.47 Å². The molecule has 0 amide bonds. The van der Waals surface area contributed by atoms with Gasteiger partial charge in [0.2, 0.25) is 0 Å². The van der Waals surface area contributed by atoms with E-state index >= 15 is 0 Å². The van der Waals surface area contributed by atoms with E-state index < -0.39 is 0 Å². The molecule has 1 aliphatic rings. The quantitative estimate of drug-likeness (QED) is 0.331. The minimum atomic E-state index is 0. The lowest BCUT2D eigenvalue weighted by molar-refractivity contribution is 0.0389. The SMILES string of the molecule is CN=C(NCCN1CCOCC1)NCc1cn(-c2ccc(OC)cc2)nn1.I. The highest BCUT2D eigenvalue weighted by Crippen LogP contribution is 2.14. The lowest BCUT2D eigenvalue weighted by Crippen LogP contribution is -2.44.